The Morgan fingerprint density at radius 2 is 1.93 bits per heavy atom. The van der Waals surface area contributed by atoms with E-state index in [0.717, 1.165) is 46.7 Å². The van der Waals surface area contributed by atoms with Gasteiger partial charge in [-0.15, -0.1) is 11.3 Å². The van der Waals surface area contributed by atoms with E-state index in [2.05, 4.69) is 9.88 Å². The van der Waals surface area contributed by atoms with E-state index in [1.54, 1.807) is 12.1 Å². The summed E-state index contributed by atoms with van der Waals surface area (Å²) < 4.78 is 13.2. The van der Waals surface area contributed by atoms with Crippen molar-refractivity contribution in [2.75, 3.05) is 13.1 Å². The minimum Gasteiger partial charge on any atom is -0.309 e. The number of nitrogens with one attached hydrogen (secondary N) is 1. The zero-order chi connectivity index (χ0) is 19.1. The monoisotopic (exact) mass is 397 g/mol. The third-order valence-corrected chi connectivity index (χ3v) is 7.27. The molecule has 1 aliphatic heterocycles. The molecule has 0 bridgehead atoms. The number of hydrogen-bond donors (Lipinski definition) is 1. The topological polar surface area (TPSA) is 49.0 Å². The molecule has 0 spiro atoms. The number of benzene rings is 1. The summed E-state index contributed by atoms with van der Waals surface area (Å²) in [5.41, 5.74) is 1.56. The van der Waals surface area contributed by atoms with Crippen molar-refractivity contribution in [1.29, 1.82) is 0 Å². The highest BCUT2D eigenvalue weighted by atomic mass is 32.1. The predicted octanol–water partition coefficient (Wildman–Crippen LogP) is 4.80. The van der Waals surface area contributed by atoms with Crippen molar-refractivity contribution in [3.05, 3.63) is 51.6 Å². The second-order valence-electron chi connectivity index (χ2n) is 8.18. The first-order valence-corrected chi connectivity index (χ1v) is 11.0. The molecule has 6 heteroatoms. The molecule has 2 fully saturated rings. The number of likely N-dealkylation sites (tertiary alicyclic amines) is 1. The maximum Gasteiger partial charge on any atom is 0.260 e. The van der Waals surface area contributed by atoms with Gasteiger partial charge < -0.3 is 4.98 Å². The van der Waals surface area contributed by atoms with Crippen LogP contribution in [-0.2, 0) is 6.54 Å². The zero-order valence-electron chi connectivity index (χ0n) is 15.8. The molecule has 1 aliphatic carbocycles. The summed E-state index contributed by atoms with van der Waals surface area (Å²) in [6.07, 6.45) is 6.75. The van der Waals surface area contributed by atoms with Crippen LogP contribution in [0.15, 0.2) is 34.4 Å². The van der Waals surface area contributed by atoms with Crippen molar-refractivity contribution >= 4 is 21.6 Å². The average molecular weight is 398 g/mol. The number of hydrogen-bond acceptors (Lipinski definition) is 4. The molecule has 0 radical (unpaired) electrons. The van der Waals surface area contributed by atoms with Gasteiger partial charge in [0.1, 0.15) is 16.5 Å². The quantitative estimate of drug-likeness (QED) is 0.690. The zero-order valence-corrected chi connectivity index (χ0v) is 16.6. The van der Waals surface area contributed by atoms with Gasteiger partial charge in [-0.3, -0.25) is 9.69 Å². The minimum absolute atomic E-state index is 0.104. The molecular formula is C22H24FN3OS. The predicted molar refractivity (Wildman–Crippen MR) is 111 cm³/mol. The van der Waals surface area contributed by atoms with E-state index in [0.29, 0.717) is 11.9 Å². The van der Waals surface area contributed by atoms with Crippen molar-refractivity contribution in [2.24, 2.45) is 11.8 Å². The lowest BCUT2D eigenvalue weighted by atomic mass is 9.75. The van der Waals surface area contributed by atoms with Crippen molar-refractivity contribution in [3.63, 3.8) is 0 Å². The van der Waals surface area contributed by atoms with E-state index in [9.17, 15) is 9.18 Å². The summed E-state index contributed by atoms with van der Waals surface area (Å²) in [4.78, 5) is 23.8. The van der Waals surface area contributed by atoms with Crippen molar-refractivity contribution in [2.45, 2.75) is 38.6 Å². The summed E-state index contributed by atoms with van der Waals surface area (Å²) in [5, 5.41) is 2.55. The third-order valence-electron chi connectivity index (χ3n) is 6.40. The van der Waals surface area contributed by atoms with E-state index in [-0.39, 0.29) is 11.4 Å². The maximum atomic E-state index is 13.2. The van der Waals surface area contributed by atoms with Crippen LogP contribution in [0.4, 0.5) is 4.39 Å². The van der Waals surface area contributed by atoms with Crippen LogP contribution in [0, 0.1) is 17.7 Å². The number of aromatic nitrogens is 2. The Hall–Kier alpha value is -2.05. The number of nitrogens with zero attached hydrogens (tertiary/aromatic N) is 2. The van der Waals surface area contributed by atoms with Crippen molar-refractivity contribution < 1.29 is 4.39 Å². The lowest BCUT2D eigenvalue weighted by molar-refractivity contribution is 0.0803. The van der Waals surface area contributed by atoms with Gasteiger partial charge in [-0.25, -0.2) is 9.37 Å². The molecule has 5 rings (SSSR count). The molecule has 146 valence electrons. The molecule has 1 aromatic carbocycles. The third kappa shape index (κ3) is 3.40. The molecular weight excluding hydrogens is 373 g/mol. The van der Waals surface area contributed by atoms with Gasteiger partial charge in [0.05, 0.1) is 11.9 Å². The Bertz CT molecular complexity index is 1040. The molecule has 2 aliphatic rings. The molecule has 4 nitrogen and oxygen atoms in total. The molecule has 28 heavy (non-hydrogen) atoms. The van der Waals surface area contributed by atoms with Gasteiger partial charge in [-0.05, 0) is 48.9 Å². The fourth-order valence-corrected chi connectivity index (χ4v) is 5.91. The molecule has 3 heterocycles. The summed E-state index contributed by atoms with van der Waals surface area (Å²) in [6, 6.07) is 6.25. The van der Waals surface area contributed by atoms with Crippen LogP contribution in [0.1, 0.15) is 37.9 Å². The van der Waals surface area contributed by atoms with Gasteiger partial charge in [-0.2, -0.15) is 0 Å². The molecule has 1 N–H and O–H groups in total. The number of halogens is 1. The van der Waals surface area contributed by atoms with Gasteiger partial charge in [0, 0.05) is 17.5 Å². The van der Waals surface area contributed by atoms with Crippen LogP contribution in [0.2, 0.25) is 0 Å². The Morgan fingerprint density at radius 3 is 2.75 bits per heavy atom. The number of thiophene rings is 1. The summed E-state index contributed by atoms with van der Waals surface area (Å²) >= 11 is 1.48. The molecule has 2 atom stereocenters. The largest absolute Gasteiger partial charge is 0.309 e. The van der Waals surface area contributed by atoms with Crippen molar-refractivity contribution in [1.82, 2.24) is 14.9 Å². The standard InChI is InChI=1S/C22H24FN3OS/c23-17-7-5-15(6-8-17)18-13-28-22-20(18)21(27)24-19(25-22)12-26-10-9-14-3-1-2-4-16(14)11-26/h5-8,13-14,16H,1-4,9-12H2,(H,24,25,27)/t14-,16-/m1/s1. The number of H-pyrrole nitrogens is 1. The number of piperidine rings is 1. The van der Waals surface area contributed by atoms with Crippen molar-refractivity contribution in [3.8, 4) is 11.1 Å². The molecule has 3 aromatic rings. The molecule has 0 amide bonds. The fourth-order valence-electron chi connectivity index (χ4n) is 4.94. The minimum atomic E-state index is -0.278. The van der Waals surface area contributed by atoms with E-state index in [4.69, 9.17) is 4.98 Å². The normalized spacial score (nSPS) is 23.0. The lowest BCUT2D eigenvalue weighted by Gasteiger charge is -2.41. The number of fused-ring (bicyclic) bond motifs is 2. The highest BCUT2D eigenvalue weighted by Crippen LogP contribution is 2.36. The smallest absolute Gasteiger partial charge is 0.260 e. The molecule has 1 saturated heterocycles. The number of rotatable bonds is 3. The van der Waals surface area contributed by atoms with Crippen LogP contribution in [-0.4, -0.2) is 28.0 Å². The van der Waals surface area contributed by atoms with Crippen LogP contribution in [0.3, 0.4) is 0 Å². The Kier molecular flexibility index (Phi) is 4.77. The average Bonchev–Trinajstić information content (AvgIpc) is 3.13. The summed E-state index contributed by atoms with van der Waals surface area (Å²) in [7, 11) is 0. The van der Waals surface area contributed by atoms with E-state index in [1.165, 1.54) is 55.6 Å². The first kappa shape index (κ1) is 18.0. The first-order chi connectivity index (χ1) is 13.7. The van der Waals surface area contributed by atoms with Gasteiger partial charge in [0.25, 0.3) is 5.56 Å². The Balaban J connectivity index is 1.40. The van der Waals surface area contributed by atoms with Crippen LogP contribution >= 0.6 is 11.3 Å². The molecule has 2 aromatic heterocycles. The lowest BCUT2D eigenvalue weighted by Crippen LogP contribution is -2.41. The SMILES string of the molecule is O=c1[nH]c(CN2CC[C@H]3CCCC[C@@H]3C2)nc2scc(-c3ccc(F)cc3)c12. The van der Waals surface area contributed by atoms with E-state index >= 15 is 0 Å². The molecule has 1 saturated carbocycles. The summed E-state index contributed by atoms with van der Waals surface area (Å²) in [6.45, 7) is 2.92. The molecule has 0 unspecified atom stereocenters. The Labute approximate surface area is 167 Å². The highest BCUT2D eigenvalue weighted by Gasteiger charge is 2.31. The van der Waals surface area contributed by atoms with Crippen LogP contribution in [0.25, 0.3) is 21.3 Å². The van der Waals surface area contributed by atoms with Gasteiger partial charge >= 0.3 is 0 Å². The fraction of sp³-hybridized carbons (Fsp3) is 0.455. The number of aromatic amines is 1. The first-order valence-electron chi connectivity index (χ1n) is 10.2. The van der Waals surface area contributed by atoms with E-state index < -0.39 is 0 Å². The van der Waals surface area contributed by atoms with E-state index in [1.807, 2.05) is 5.38 Å². The van der Waals surface area contributed by atoms with Gasteiger partial charge in [0.2, 0.25) is 0 Å². The van der Waals surface area contributed by atoms with Crippen LogP contribution < -0.4 is 5.56 Å². The second kappa shape index (κ2) is 7.41. The second-order valence-corrected chi connectivity index (χ2v) is 9.04. The Morgan fingerprint density at radius 1 is 1.14 bits per heavy atom. The van der Waals surface area contributed by atoms with Gasteiger partial charge in [0.15, 0.2) is 0 Å². The van der Waals surface area contributed by atoms with Crippen LogP contribution in [0.5, 0.6) is 0 Å². The summed E-state index contributed by atoms with van der Waals surface area (Å²) in [5.74, 6) is 2.18. The highest BCUT2D eigenvalue weighted by molar-refractivity contribution is 7.17. The maximum absolute atomic E-state index is 13.2. The van der Waals surface area contributed by atoms with Gasteiger partial charge in [-0.1, -0.05) is 31.4 Å².